The zero-order valence-corrected chi connectivity index (χ0v) is 16.7. The number of hydrogen-bond acceptors (Lipinski definition) is 6. The Labute approximate surface area is 168 Å². The minimum atomic E-state index is -3.84. The number of methoxy groups -OCH3 is 2. The first-order valence-corrected chi connectivity index (χ1v) is 10.1. The van der Waals surface area contributed by atoms with Crippen LogP contribution in [0.5, 0.6) is 11.5 Å². The SMILES string of the molecule is COc1ccc(S(=O)(=O)Nc2ccc(C(=O)NCc3ccco3)cc2)cc1OC. The van der Waals surface area contributed by atoms with Gasteiger partial charge in [0.05, 0.1) is 31.9 Å². The summed E-state index contributed by atoms with van der Waals surface area (Å²) in [5.74, 6) is 1.07. The molecule has 1 heterocycles. The van der Waals surface area contributed by atoms with Gasteiger partial charge in [-0.3, -0.25) is 9.52 Å². The van der Waals surface area contributed by atoms with Gasteiger partial charge >= 0.3 is 0 Å². The summed E-state index contributed by atoms with van der Waals surface area (Å²) < 4.78 is 43.1. The van der Waals surface area contributed by atoms with E-state index in [1.807, 2.05) is 0 Å². The molecule has 152 valence electrons. The number of carbonyl (C=O) groups excluding carboxylic acids is 1. The van der Waals surface area contributed by atoms with Crippen molar-refractivity contribution in [3.8, 4) is 11.5 Å². The molecule has 8 nitrogen and oxygen atoms in total. The Hall–Kier alpha value is -3.46. The lowest BCUT2D eigenvalue weighted by atomic mass is 10.2. The van der Waals surface area contributed by atoms with Gasteiger partial charge in [0.15, 0.2) is 11.5 Å². The maximum Gasteiger partial charge on any atom is 0.262 e. The van der Waals surface area contributed by atoms with E-state index < -0.39 is 10.0 Å². The Morgan fingerprint density at radius 1 is 1.00 bits per heavy atom. The number of hydrogen-bond donors (Lipinski definition) is 2. The Kier molecular flexibility index (Phi) is 6.08. The molecular formula is C20H20N2O6S. The van der Waals surface area contributed by atoms with E-state index in [9.17, 15) is 13.2 Å². The van der Waals surface area contributed by atoms with Crippen molar-refractivity contribution in [2.24, 2.45) is 0 Å². The van der Waals surface area contributed by atoms with E-state index in [0.29, 0.717) is 28.5 Å². The fourth-order valence-corrected chi connectivity index (χ4v) is 3.64. The predicted molar refractivity (Wildman–Crippen MR) is 107 cm³/mol. The first kappa shape index (κ1) is 20.3. The molecule has 0 unspecified atom stereocenters. The number of benzene rings is 2. The highest BCUT2D eigenvalue weighted by Crippen LogP contribution is 2.30. The molecule has 0 fully saturated rings. The van der Waals surface area contributed by atoms with E-state index in [1.165, 1.54) is 62.9 Å². The molecular weight excluding hydrogens is 396 g/mol. The van der Waals surface area contributed by atoms with Gasteiger partial charge in [0, 0.05) is 17.3 Å². The summed E-state index contributed by atoms with van der Waals surface area (Å²) in [4.78, 5) is 12.2. The van der Waals surface area contributed by atoms with Gasteiger partial charge < -0.3 is 19.2 Å². The van der Waals surface area contributed by atoms with Crippen molar-refractivity contribution in [1.82, 2.24) is 5.32 Å². The van der Waals surface area contributed by atoms with Crippen LogP contribution in [0.4, 0.5) is 5.69 Å². The maximum absolute atomic E-state index is 12.6. The van der Waals surface area contributed by atoms with E-state index in [-0.39, 0.29) is 17.3 Å². The third-order valence-corrected chi connectivity index (χ3v) is 5.45. The van der Waals surface area contributed by atoms with Gasteiger partial charge in [-0.15, -0.1) is 0 Å². The summed E-state index contributed by atoms with van der Waals surface area (Å²) in [7, 11) is -0.946. The van der Waals surface area contributed by atoms with Gasteiger partial charge in [0.2, 0.25) is 0 Å². The first-order chi connectivity index (χ1) is 13.9. The number of amides is 1. The quantitative estimate of drug-likeness (QED) is 0.585. The highest BCUT2D eigenvalue weighted by molar-refractivity contribution is 7.92. The van der Waals surface area contributed by atoms with Crippen LogP contribution >= 0.6 is 0 Å². The van der Waals surface area contributed by atoms with Gasteiger partial charge in [-0.2, -0.15) is 0 Å². The number of anilines is 1. The predicted octanol–water partition coefficient (Wildman–Crippen LogP) is 3.03. The second-order valence-electron chi connectivity index (χ2n) is 5.96. The summed E-state index contributed by atoms with van der Waals surface area (Å²) in [6.07, 6.45) is 1.53. The maximum atomic E-state index is 12.6. The lowest BCUT2D eigenvalue weighted by Gasteiger charge is -2.12. The van der Waals surface area contributed by atoms with Gasteiger partial charge in [0.25, 0.3) is 15.9 Å². The molecule has 3 rings (SSSR count). The number of sulfonamides is 1. The van der Waals surface area contributed by atoms with Crippen LogP contribution in [0.2, 0.25) is 0 Å². The van der Waals surface area contributed by atoms with Crippen LogP contribution in [-0.2, 0) is 16.6 Å². The van der Waals surface area contributed by atoms with Gasteiger partial charge in [-0.1, -0.05) is 0 Å². The van der Waals surface area contributed by atoms with Crippen LogP contribution in [-0.4, -0.2) is 28.5 Å². The molecule has 0 aliphatic heterocycles. The number of carbonyl (C=O) groups is 1. The third kappa shape index (κ3) is 4.88. The fraction of sp³-hybridized carbons (Fsp3) is 0.150. The first-order valence-electron chi connectivity index (χ1n) is 8.58. The monoisotopic (exact) mass is 416 g/mol. The number of furan rings is 1. The highest BCUT2D eigenvalue weighted by Gasteiger charge is 2.17. The van der Waals surface area contributed by atoms with E-state index in [0.717, 1.165) is 0 Å². The molecule has 1 amide bonds. The zero-order chi connectivity index (χ0) is 20.9. The number of rotatable bonds is 8. The fourth-order valence-electron chi connectivity index (χ4n) is 2.57. The van der Waals surface area contributed by atoms with Crippen molar-refractivity contribution in [2.75, 3.05) is 18.9 Å². The molecule has 0 radical (unpaired) electrons. The third-order valence-electron chi connectivity index (χ3n) is 4.07. The van der Waals surface area contributed by atoms with Crippen molar-refractivity contribution in [3.63, 3.8) is 0 Å². The molecule has 0 atom stereocenters. The Balaban J connectivity index is 1.69. The molecule has 2 N–H and O–H groups in total. The molecule has 0 aliphatic rings. The van der Waals surface area contributed by atoms with Gasteiger partial charge in [-0.25, -0.2) is 8.42 Å². The van der Waals surface area contributed by atoms with Crippen LogP contribution in [0.15, 0.2) is 70.2 Å². The summed E-state index contributed by atoms with van der Waals surface area (Å²) in [5, 5.41) is 2.72. The Bertz CT molecular complexity index is 1080. The van der Waals surface area contributed by atoms with Crippen LogP contribution in [0.25, 0.3) is 0 Å². The molecule has 0 bridgehead atoms. The number of nitrogens with one attached hydrogen (secondary N) is 2. The normalized spacial score (nSPS) is 11.0. The average molecular weight is 416 g/mol. The molecule has 2 aromatic carbocycles. The summed E-state index contributed by atoms with van der Waals surface area (Å²) in [5.41, 5.74) is 0.716. The minimum Gasteiger partial charge on any atom is -0.493 e. The average Bonchev–Trinajstić information content (AvgIpc) is 3.25. The van der Waals surface area contributed by atoms with E-state index in [2.05, 4.69) is 10.0 Å². The summed E-state index contributed by atoms with van der Waals surface area (Å²) in [6.45, 7) is 0.263. The molecule has 3 aromatic rings. The Morgan fingerprint density at radius 3 is 2.34 bits per heavy atom. The molecule has 29 heavy (non-hydrogen) atoms. The molecule has 0 saturated heterocycles. The molecule has 0 saturated carbocycles. The lowest BCUT2D eigenvalue weighted by Crippen LogP contribution is -2.22. The van der Waals surface area contributed by atoms with Gasteiger partial charge in [0.1, 0.15) is 5.76 Å². The second kappa shape index (κ2) is 8.70. The lowest BCUT2D eigenvalue weighted by molar-refractivity contribution is 0.0948. The molecule has 0 spiro atoms. The van der Waals surface area contributed by atoms with E-state index >= 15 is 0 Å². The van der Waals surface area contributed by atoms with Crippen molar-refractivity contribution in [2.45, 2.75) is 11.4 Å². The molecule has 1 aromatic heterocycles. The van der Waals surface area contributed by atoms with E-state index in [1.54, 1.807) is 12.1 Å². The largest absolute Gasteiger partial charge is 0.493 e. The Morgan fingerprint density at radius 2 is 1.72 bits per heavy atom. The summed E-state index contributed by atoms with van der Waals surface area (Å²) in [6, 6.07) is 13.9. The molecule has 9 heteroatoms. The zero-order valence-electron chi connectivity index (χ0n) is 15.8. The summed E-state index contributed by atoms with van der Waals surface area (Å²) >= 11 is 0. The topological polar surface area (TPSA) is 107 Å². The van der Waals surface area contributed by atoms with Gasteiger partial charge in [-0.05, 0) is 48.5 Å². The van der Waals surface area contributed by atoms with Crippen molar-refractivity contribution in [1.29, 1.82) is 0 Å². The van der Waals surface area contributed by atoms with Crippen LogP contribution in [0.1, 0.15) is 16.1 Å². The highest BCUT2D eigenvalue weighted by atomic mass is 32.2. The number of ether oxygens (including phenoxy) is 2. The van der Waals surface area contributed by atoms with Crippen LogP contribution < -0.4 is 19.5 Å². The van der Waals surface area contributed by atoms with E-state index in [4.69, 9.17) is 13.9 Å². The second-order valence-corrected chi connectivity index (χ2v) is 7.64. The van der Waals surface area contributed by atoms with Crippen LogP contribution in [0, 0.1) is 0 Å². The van der Waals surface area contributed by atoms with Crippen molar-refractivity contribution >= 4 is 21.6 Å². The molecule has 0 aliphatic carbocycles. The van der Waals surface area contributed by atoms with Crippen molar-refractivity contribution < 1.29 is 27.1 Å². The van der Waals surface area contributed by atoms with Crippen molar-refractivity contribution in [3.05, 3.63) is 72.2 Å². The smallest absolute Gasteiger partial charge is 0.262 e. The standard InChI is InChI=1S/C20H20N2O6S/c1-26-18-10-9-17(12-19(18)27-2)29(24,25)22-15-7-5-14(6-8-15)20(23)21-13-16-4-3-11-28-16/h3-12,22H,13H2,1-2H3,(H,21,23). The minimum absolute atomic E-state index is 0.0235. The van der Waals surface area contributed by atoms with Crippen LogP contribution in [0.3, 0.4) is 0 Å².